The second-order valence-corrected chi connectivity index (χ2v) is 4.86. The summed E-state index contributed by atoms with van der Waals surface area (Å²) in [5, 5.41) is 12.3. The zero-order chi connectivity index (χ0) is 14.7. The molecule has 0 fully saturated rings. The first-order valence-electron chi connectivity index (χ1n) is 6.43. The second kappa shape index (κ2) is 5.65. The molecule has 104 valence electrons. The van der Waals surface area contributed by atoms with Crippen LogP contribution in [0.1, 0.15) is 34.5 Å². The zero-order valence-corrected chi connectivity index (χ0v) is 11.6. The van der Waals surface area contributed by atoms with Gasteiger partial charge in [-0.3, -0.25) is 4.79 Å². The lowest BCUT2D eigenvalue weighted by Crippen LogP contribution is -2.27. The molecular formula is C16H18N2O2. The topological polar surface area (TPSA) is 75.3 Å². The molecule has 0 saturated heterocycles. The Balaban J connectivity index is 2.15. The molecular weight excluding hydrogens is 252 g/mol. The van der Waals surface area contributed by atoms with Gasteiger partial charge >= 0.3 is 0 Å². The Kier molecular flexibility index (Phi) is 3.94. The van der Waals surface area contributed by atoms with Crippen molar-refractivity contribution in [3.8, 4) is 5.75 Å². The number of nitrogens with two attached hydrogens (primary N) is 1. The molecule has 0 spiro atoms. The van der Waals surface area contributed by atoms with E-state index in [0.717, 1.165) is 11.1 Å². The minimum absolute atomic E-state index is 0.140. The number of rotatable bonds is 3. The number of benzene rings is 2. The van der Waals surface area contributed by atoms with E-state index in [1.165, 1.54) is 6.07 Å². The monoisotopic (exact) mass is 270 g/mol. The van der Waals surface area contributed by atoms with E-state index in [1.807, 2.05) is 31.2 Å². The van der Waals surface area contributed by atoms with Crippen LogP contribution in [-0.2, 0) is 0 Å². The number of hydrogen-bond acceptors (Lipinski definition) is 3. The summed E-state index contributed by atoms with van der Waals surface area (Å²) in [4.78, 5) is 12.2. The van der Waals surface area contributed by atoms with Crippen LogP contribution in [0.5, 0.6) is 5.75 Å². The maximum Gasteiger partial charge on any atom is 0.252 e. The molecule has 0 aliphatic carbocycles. The highest BCUT2D eigenvalue weighted by atomic mass is 16.3. The standard InChI is InChI=1S/C16H18N2O2/c1-10-8-14(19)6-7-15(10)16(20)18-11(2)12-4-3-5-13(17)9-12/h3-9,11,19H,17H2,1-2H3,(H,18,20). The van der Waals surface area contributed by atoms with Crippen molar-refractivity contribution < 1.29 is 9.90 Å². The lowest BCUT2D eigenvalue weighted by Gasteiger charge is -2.16. The quantitative estimate of drug-likeness (QED) is 0.751. The molecule has 0 aromatic heterocycles. The van der Waals surface area contributed by atoms with Crippen molar-refractivity contribution in [1.29, 1.82) is 0 Å². The van der Waals surface area contributed by atoms with Crippen molar-refractivity contribution in [3.05, 3.63) is 59.2 Å². The minimum atomic E-state index is -0.169. The molecule has 2 aromatic rings. The van der Waals surface area contributed by atoms with Gasteiger partial charge in [0.25, 0.3) is 5.91 Å². The van der Waals surface area contributed by atoms with Gasteiger partial charge in [-0.05, 0) is 55.3 Å². The number of phenols is 1. The van der Waals surface area contributed by atoms with Gasteiger partial charge in [0.05, 0.1) is 6.04 Å². The minimum Gasteiger partial charge on any atom is -0.508 e. The molecule has 1 amide bonds. The third kappa shape index (κ3) is 3.09. The van der Waals surface area contributed by atoms with Gasteiger partial charge < -0.3 is 16.2 Å². The van der Waals surface area contributed by atoms with Gasteiger partial charge in [-0.2, -0.15) is 0 Å². The Morgan fingerprint density at radius 1 is 1.25 bits per heavy atom. The van der Waals surface area contributed by atoms with Crippen LogP contribution in [0.15, 0.2) is 42.5 Å². The van der Waals surface area contributed by atoms with Crippen LogP contribution in [0, 0.1) is 6.92 Å². The maximum absolute atomic E-state index is 12.2. The average Bonchev–Trinajstić information content (AvgIpc) is 2.38. The largest absolute Gasteiger partial charge is 0.508 e. The molecule has 1 unspecified atom stereocenters. The molecule has 1 atom stereocenters. The smallest absolute Gasteiger partial charge is 0.252 e. The van der Waals surface area contributed by atoms with Gasteiger partial charge in [0.2, 0.25) is 0 Å². The average molecular weight is 270 g/mol. The number of hydrogen-bond donors (Lipinski definition) is 3. The van der Waals surface area contributed by atoms with Crippen molar-refractivity contribution in [1.82, 2.24) is 5.32 Å². The van der Waals surface area contributed by atoms with Crippen LogP contribution in [0.3, 0.4) is 0 Å². The molecule has 4 heteroatoms. The zero-order valence-electron chi connectivity index (χ0n) is 11.6. The van der Waals surface area contributed by atoms with Gasteiger partial charge in [0.1, 0.15) is 5.75 Å². The van der Waals surface area contributed by atoms with Gasteiger partial charge in [-0.25, -0.2) is 0 Å². The normalized spacial score (nSPS) is 11.9. The highest BCUT2D eigenvalue weighted by Crippen LogP contribution is 2.19. The van der Waals surface area contributed by atoms with E-state index in [0.29, 0.717) is 11.3 Å². The number of carbonyl (C=O) groups is 1. The lowest BCUT2D eigenvalue weighted by molar-refractivity contribution is 0.0939. The Bertz CT molecular complexity index is 638. The van der Waals surface area contributed by atoms with Crippen molar-refractivity contribution in [3.63, 3.8) is 0 Å². The Hall–Kier alpha value is -2.49. The van der Waals surface area contributed by atoms with E-state index in [9.17, 15) is 9.90 Å². The second-order valence-electron chi connectivity index (χ2n) is 4.86. The highest BCUT2D eigenvalue weighted by Gasteiger charge is 2.13. The number of aryl methyl sites for hydroxylation is 1. The molecule has 2 rings (SSSR count). The summed E-state index contributed by atoms with van der Waals surface area (Å²) in [6.45, 7) is 3.70. The predicted molar refractivity (Wildman–Crippen MR) is 79.6 cm³/mol. The number of amides is 1. The fraction of sp³-hybridized carbons (Fsp3) is 0.188. The number of anilines is 1. The van der Waals surface area contributed by atoms with Gasteiger partial charge in [0.15, 0.2) is 0 Å². The fourth-order valence-electron chi connectivity index (χ4n) is 2.09. The molecule has 2 aromatic carbocycles. The Morgan fingerprint density at radius 3 is 2.65 bits per heavy atom. The molecule has 4 nitrogen and oxygen atoms in total. The van der Waals surface area contributed by atoms with Gasteiger partial charge in [-0.15, -0.1) is 0 Å². The summed E-state index contributed by atoms with van der Waals surface area (Å²) in [6, 6.07) is 12.0. The first-order valence-corrected chi connectivity index (χ1v) is 6.43. The van der Waals surface area contributed by atoms with Crippen LogP contribution in [0.25, 0.3) is 0 Å². The van der Waals surface area contributed by atoms with Crippen LogP contribution >= 0.6 is 0 Å². The fourth-order valence-corrected chi connectivity index (χ4v) is 2.09. The lowest BCUT2D eigenvalue weighted by atomic mass is 10.0. The summed E-state index contributed by atoms with van der Waals surface area (Å²) in [5.74, 6) is -0.0136. The Morgan fingerprint density at radius 2 is 2.00 bits per heavy atom. The molecule has 20 heavy (non-hydrogen) atoms. The van der Waals surface area contributed by atoms with Crippen molar-refractivity contribution in [2.45, 2.75) is 19.9 Å². The molecule has 0 bridgehead atoms. The summed E-state index contributed by atoms with van der Waals surface area (Å²) < 4.78 is 0. The molecule has 0 saturated carbocycles. The third-order valence-electron chi connectivity index (χ3n) is 3.21. The SMILES string of the molecule is Cc1cc(O)ccc1C(=O)NC(C)c1cccc(N)c1. The van der Waals surface area contributed by atoms with Crippen LogP contribution in [-0.4, -0.2) is 11.0 Å². The summed E-state index contributed by atoms with van der Waals surface area (Å²) in [6.07, 6.45) is 0. The van der Waals surface area contributed by atoms with E-state index >= 15 is 0 Å². The third-order valence-corrected chi connectivity index (χ3v) is 3.21. The van der Waals surface area contributed by atoms with Crippen molar-refractivity contribution in [2.24, 2.45) is 0 Å². The van der Waals surface area contributed by atoms with E-state index in [4.69, 9.17) is 5.73 Å². The summed E-state index contributed by atoms with van der Waals surface area (Å²) >= 11 is 0. The van der Waals surface area contributed by atoms with Crippen LogP contribution in [0.2, 0.25) is 0 Å². The van der Waals surface area contributed by atoms with E-state index in [1.54, 1.807) is 19.1 Å². The van der Waals surface area contributed by atoms with Crippen molar-refractivity contribution in [2.75, 3.05) is 5.73 Å². The Labute approximate surface area is 118 Å². The summed E-state index contributed by atoms with van der Waals surface area (Å²) in [5.41, 5.74) is 8.66. The van der Waals surface area contributed by atoms with Crippen molar-refractivity contribution >= 4 is 11.6 Å². The van der Waals surface area contributed by atoms with E-state index in [-0.39, 0.29) is 17.7 Å². The van der Waals surface area contributed by atoms with Gasteiger partial charge in [0, 0.05) is 11.3 Å². The molecule has 0 heterocycles. The number of carbonyl (C=O) groups excluding carboxylic acids is 1. The first kappa shape index (κ1) is 13.9. The first-order chi connectivity index (χ1) is 9.47. The number of aromatic hydroxyl groups is 1. The maximum atomic E-state index is 12.2. The van der Waals surface area contributed by atoms with Crippen LogP contribution < -0.4 is 11.1 Å². The number of phenolic OH excluding ortho intramolecular Hbond substituents is 1. The van der Waals surface area contributed by atoms with E-state index < -0.39 is 0 Å². The summed E-state index contributed by atoms with van der Waals surface area (Å²) in [7, 11) is 0. The van der Waals surface area contributed by atoms with E-state index in [2.05, 4.69) is 5.32 Å². The molecule has 0 radical (unpaired) electrons. The molecule has 0 aliphatic heterocycles. The van der Waals surface area contributed by atoms with Gasteiger partial charge in [-0.1, -0.05) is 12.1 Å². The highest BCUT2D eigenvalue weighted by molar-refractivity contribution is 5.96. The number of nitrogens with one attached hydrogen (secondary N) is 1. The predicted octanol–water partition coefficient (Wildman–Crippen LogP) is 2.77. The molecule has 4 N–H and O–H groups in total. The molecule has 0 aliphatic rings. The van der Waals surface area contributed by atoms with Crippen LogP contribution in [0.4, 0.5) is 5.69 Å². The number of nitrogen functional groups attached to an aromatic ring is 1.